The van der Waals surface area contributed by atoms with Crippen LogP contribution in [-0.2, 0) is 10.8 Å². The van der Waals surface area contributed by atoms with Crippen molar-refractivity contribution < 1.29 is 4.21 Å². The molecule has 1 unspecified atom stereocenters. The Morgan fingerprint density at radius 3 is 2.75 bits per heavy atom. The number of aryl methyl sites for hydroxylation is 1. The van der Waals surface area contributed by atoms with Gasteiger partial charge in [0, 0.05) is 11.8 Å². The number of amidine groups is 1. The van der Waals surface area contributed by atoms with E-state index in [1.54, 1.807) is 17.6 Å². The topological polar surface area (TPSA) is 57.6 Å². The van der Waals surface area contributed by atoms with Gasteiger partial charge in [-0.25, -0.2) is 9.98 Å². The molecule has 0 spiro atoms. The number of nitrogens with one attached hydrogen (secondary N) is 1. The molecule has 0 saturated carbocycles. The van der Waals surface area contributed by atoms with Crippen LogP contribution in [0.25, 0.3) is 10.6 Å². The van der Waals surface area contributed by atoms with Crippen molar-refractivity contribution in [1.82, 2.24) is 10.4 Å². The summed E-state index contributed by atoms with van der Waals surface area (Å²) in [6.45, 7) is 2.44. The van der Waals surface area contributed by atoms with E-state index in [4.69, 9.17) is 0 Å². The normalized spacial score (nSPS) is 15.9. The monoisotopic (exact) mass is 306 g/mol. The quantitative estimate of drug-likeness (QED) is 0.923. The first-order valence-electron chi connectivity index (χ1n) is 6.10. The molecule has 0 amide bonds. The van der Waals surface area contributed by atoms with Gasteiger partial charge in [-0.2, -0.15) is 0 Å². The molecule has 0 radical (unpaired) electrons. The number of aromatic nitrogens is 1. The first-order valence-corrected chi connectivity index (χ1v) is 8.47. The molecule has 1 aliphatic heterocycles. The summed E-state index contributed by atoms with van der Waals surface area (Å²) >= 11 is 1.60. The molecule has 1 atom stereocenters. The number of thiazole rings is 1. The lowest BCUT2D eigenvalue weighted by Gasteiger charge is -2.15. The first kappa shape index (κ1) is 13.3. The Bertz CT molecular complexity index is 681. The predicted molar refractivity (Wildman–Crippen MR) is 84.3 cm³/mol. The molecular formula is C13H14N4OS2. The number of hydrazine groups is 1. The van der Waals surface area contributed by atoms with Gasteiger partial charge >= 0.3 is 0 Å². The zero-order valence-corrected chi connectivity index (χ0v) is 12.8. The molecule has 0 saturated heterocycles. The van der Waals surface area contributed by atoms with E-state index in [0.717, 1.165) is 21.3 Å². The molecular weight excluding hydrogens is 292 g/mol. The van der Waals surface area contributed by atoms with E-state index in [9.17, 15) is 4.21 Å². The Hall–Kier alpha value is -1.73. The standard InChI is InChI=1S/C13H14N4OS2/c1-9-12(17-8-14-13(16-17)20(2)18)19-11(15-9)10-6-4-3-5-7-10/h3-7H,8H2,1-2H3,(H,14,16). The van der Waals surface area contributed by atoms with Crippen molar-refractivity contribution in [2.45, 2.75) is 6.92 Å². The summed E-state index contributed by atoms with van der Waals surface area (Å²) in [5, 5.41) is 4.38. The highest BCUT2D eigenvalue weighted by atomic mass is 32.2. The van der Waals surface area contributed by atoms with Crippen molar-refractivity contribution in [1.29, 1.82) is 0 Å². The van der Waals surface area contributed by atoms with Gasteiger partial charge < -0.3 is 0 Å². The minimum Gasteiger partial charge on any atom is -0.272 e. The van der Waals surface area contributed by atoms with Gasteiger partial charge in [0.05, 0.1) is 16.5 Å². The Balaban J connectivity index is 1.86. The van der Waals surface area contributed by atoms with E-state index < -0.39 is 10.8 Å². The molecule has 0 fully saturated rings. The van der Waals surface area contributed by atoms with Gasteiger partial charge in [-0.3, -0.25) is 14.6 Å². The van der Waals surface area contributed by atoms with Crippen LogP contribution in [0.2, 0.25) is 0 Å². The van der Waals surface area contributed by atoms with E-state index in [2.05, 4.69) is 15.4 Å². The maximum Gasteiger partial charge on any atom is 0.208 e. The molecule has 1 aliphatic rings. The lowest BCUT2D eigenvalue weighted by Crippen LogP contribution is -2.37. The third kappa shape index (κ3) is 2.46. The van der Waals surface area contributed by atoms with Gasteiger partial charge in [0.15, 0.2) is 0 Å². The van der Waals surface area contributed by atoms with Crippen molar-refractivity contribution in [2.75, 3.05) is 17.9 Å². The second-order valence-electron chi connectivity index (χ2n) is 4.37. The molecule has 7 heteroatoms. The zero-order valence-electron chi connectivity index (χ0n) is 11.2. The Morgan fingerprint density at radius 2 is 2.10 bits per heavy atom. The minimum atomic E-state index is -1.09. The van der Waals surface area contributed by atoms with Crippen LogP contribution in [0.5, 0.6) is 0 Å². The van der Waals surface area contributed by atoms with Crippen LogP contribution in [0, 0.1) is 6.92 Å². The number of hydrogen-bond donors (Lipinski definition) is 1. The number of benzene rings is 1. The summed E-state index contributed by atoms with van der Waals surface area (Å²) in [5.41, 5.74) is 5.11. The second-order valence-corrected chi connectivity index (χ2v) is 6.65. The van der Waals surface area contributed by atoms with Crippen LogP contribution >= 0.6 is 11.3 Å². The Morgan fingerprint density at radius 1 is 1.35 bits per heavy atom. The van der Waals surface area contributed by atoms with Gasteiger partial charge in [-0.15, -0.1) is 0 Å². The molecule has 20 heavy (non-hydrogen) atoms. The third-order valence-corrected chi connectivity index (χ3v) is 4.89. The summed E-state index contributed by atoms with van der Waals surface area (Å²) < 4.78 is 11.4. The van der Waals surface area contributed by atoms with Crippen LogP contribution in [0.1, 0.15) is 5.69 Å². The smallest absolute Gasteiger partial charge is 0.208 e. The van der Waals surface area contributed by atoms with E-state index in [-0.39, 0.29) is 0 Å². The molecule has 3 rings (SSSR count). The molecule has 1 aromatic heterocycles. The van der Waals surface area contributed by atoms with Crippen molar-refractivity contribution in [3.05, 3.63) is 36.0 Å². The minimum absolute atomic E-state index is 0.464. The van der Waals surface area contributed by atoms with Crippen molar-refractivity contribution in [3.8, 4) is 10.6 Å². The number of aliphatic imine (C=N–C) groups is 1. The third-order valence-electron chi connectivity index (χ3n) is 2.90. The van der Waals surface area contributed by atoms with Gasteiger partial charge in [0.2, 0.25) is 5.17 Å². The highest BCUT2D eigenvalue weighted by Gasteiger charge is 2.22. The zero-order chi connectivity index (χ0) is 14.1. The molecule has 0 aliphatic carbocycles. The maximum absolute atomic E-state index is 11.4. The van der Waals surface area contributed by atoms with Crippen molar-refractivity contribution in [3.63, 3.8) is 0 Å². The Labute approximate surface area is 123 Å². The molecule has 0 bridgehead atoms. The van der Waals surface area contributed by atoms with Gasteiger partial charge in [0.1, 0.15) is 16.7 Å². The lowest BCUT2D eigenvalue weighted by atomic mass is 10.2. The SMILES string of the molecule is Cc1nc(-c2ccccc2)sc1N1CN=C(S(C)=O)N1. The van der Waals surface area contributed by atoms with Crippen LogP contribution in [0.15, 0.2) is 35.3 Å². The van der Waals surface area contributed by atoms with Crippen LogP contribution in [-0.4, -0.2) is 27.3 Å². The fourth-order valence-corrected chi connectivity index (χ4v) is 3.44. The van der Waals surface area contributed by atoms with Crippen molar-refractivity contribution in [2.24, 2.45) is 4.99 Å². The van der Waals surface area contributed by atoms with Gasteiger partial charge in [-0.1, -0.05) is 41.7 Å². The first-order chi connectivity index (χ1) is 9.65. The number of anilines is 1. The van der Waals surface area contributed by atoms with E-state index >= 15 is 0 Å². The second kappa shape index (κ2) is 5.34. The summed E-state index contributed by atoms with van der Waals surface area (Å²) in [6, 6.07) is 10.1. The summed E-state index contributed by atoms with van der Waals surface area (Å²) in [4.78, 5) is 8.83. The molecule has 2 aromatic rings. The highest BCUT2D eigenvalue weighted by Crippen LogP contribution is 2.34. The maximum atomic E-state index is 11.4. The predicted octanol–water partition coefficient (Wildman–Crippen LogP) is 2.14. The highest BCUT2D eigenvalue weighted by molar-refractivity contribution is 7.99. The Kier molecular flexibility index (Phi) is 3.54. The average molecular weight is 306 g/mol. The molecule has 2 heterocycles. The van der Waals surface area contributed by atoms with Crippen LogP contribution < -0.4 is 10.4 Å². The fourth-order valence-electron chi connectivity index (χ4n) is 1.93. The van der Waals surface area contributed by atoms with Gasteiger partial charge in [-0.05, 0) is 6.92 Å². The fraction of sp³-hybridized carbons (Fsp3) is 0.231. The molecule has 5 nitrogen and oxygen atoms in total. The summed E-state index contributed by atoms with van der Waals surface area (Å²) in [5.74, 6) is 0. The molecule has 1 N–H and O–H groups in total. The number of rotatable bonds is 2. The van der Waals surface area contributed by atoms with Crippen molar-refractivity contribution >= 4 is 32.3 Å². The number of nitrogens with zero attached hydrogens (tertiary/aromatic N) is 3. The van der Waals surface area contributed by atoms with E-state index in [1.807, 2.05) is 42.3 Å². The lowest BCUT2D eigenvalue weighted by molar-refractivity contribution is 0.692. The number of hydrogen-bond acceptors (Lipinski definition) is 6. The van der Waals surface area contributed by atoms with Crippen LogP contribution in [0.3, 0.4) is 0 Å². The summed E-state index contributed by atoms with van der Waals surface area (Å²) in [6.07, 6.45) is 1.62. The largest absolute Gasteiger partial charge is 0.272 e. The summed E-state index contributed by atoms with van der Waals surface area (Å²) in [7, 11) is -1.09. The average Bonchev–Trinajstić information content (AvgIpc) is 3.06. The van der Waals surface area contributed by atoms with E-state index in [1.165, 1.54) is 0 Å². The molecule has 104 valence electrons. The van der Waals surface area contributed by atoms with Crippen LogP contribution in [0.4, 0.5) is 5.00 Å². The van der Waals surface area contributed by atoms with E-state index in [0.29, 0.717) is 11.8 Å². The molecule has 1 aromatic carbocycles. The van der Waals surface area contributed by atoms with Gasteiger partial charge in [0.25, 0.3) is 0 Å².